The summed E-state index contributed by atoms with van der Waals surface area (Å²) >= 11 is 8.06. The number of thioether (sulfide) groups is 1. The number of amides is 1. The number of anilines is 1. The summed E-state index contributed by atoms with van der Waals surface area (Å²) in [4.78, 5) is 24.8. The lowest BCUT2D eigenvalue weighted by molar-refractivity contribution is -0.120. The molecule has 0 saturated carbocycles. The van der Waals surface area contributed by atoms with Crippen molar-refractivity contribution in [1.82, 2.24) is 20.3 Å². The van der Waals surface area contributed by atoms with E-state index in [9.17, 15) is 4.79 Å². The van der Waals surface area contributed by atoms with Crippen LogP contribution in [0.3, 0.4) is 0 Å². The predicted molar refractivity (Wildman–Crippen MR) is 119 cm³/mol. The third-order valence-corrected chi connectivity index (χ3v) is 5.93. The highest BCUT2D eigenvalue weighted by Gasteiger charge is 2.21. The lowest BCUT2D eigenvalue weighted by Gasteiger charge is -2.20. The Bertz CT molecular complexity index is 1110. The molecule has 1 aliphatic heterocycles. The highest BCUT2D eigenvalue weighted by Crippen LogP contribution is 2.39. The molecule has 1 aromatic heterocycles. The molecule has 3 aromatic rings. The molecule has 4 rings (SSSR count). The fraction of sp³-hybridized carbons (Fsp3) is 0.333. The van der Waals surface area contributed by atoms with Gasteiger partial charge in [-0.3, -0.25) is 4.79 Å². The maximum atomic E-state index is 11.6. The number of nitrogen functional groups attached to an aromatic ring is 1. The smallest absolute Gasteiger partial charge is 0.224 e. The van der Waals surface area contributed by atoms with Crippen molar-refractivity contribution in [2.75, 3.05) is 18.0 Å². The van der Waals surface area contributed by atoms with Gasteiger partial charge in [-0.2, -0.15) is 9.97 Å². The van der Waals surface area contributed by atoms with Crippen LogP contribution in [-0.4, -0.2) is 33.2 Å². The first-order valence-electron chi connectivity index (χ1n) is 9.79. The third kappa shape index (κ3) is 4.35. The number of carbonyl (C=O) groups excluding carboxylic acids is 1. The van der Waals surface area contributed by atoms with Gasteiger partial charge in [0.15, 0.2) is 11.0 Å². The summed E-state index contributed by atoms with van der Waals surface area (Å²) in [6.07, 6.45) is 1.36. The van der Waals surface area contributed by atoms with E-state index in [1.807, 2.05) is 25.1 Å². The number of benzene rings is 2. The molecule has 0 atom stereocenters. The van der Waals surface area contributed by atoms with Crippen LogP contribution in [0.1, 0.15) is 30.9 Å². The summed E-state index contributed by atoms with van der Waals surface area (Å²) in [6, 6.07) is 7.97. The van der Waals surface area contributed by atoms with Gasteiger partial charge in [0, 0.05) is 24.3 Å². The van der Waals surface area contributed by atoms with E-state index in [0.717, 1.165) is 33.9 Å². The number of carbonyl (C=O) groups is 1. The van der Waals surface area contributed by atoms with Crippen LogP contribution in [0.2, 0.25) is 5.02 Å². The third-order valence-electron chi connectivity index (χ3n) is 4.78. The van der Waals surface area contributed by atoms with Gasteiger partial charge in [0.25, 0.3) is 0 Å². The Kier molecular flexibility index (Phi) is 6.36. The van der Waals surface area contributed by atoms with Crippen molar-refractivity contribution in [2.24, 2.45) is 0 Å². The van der Waals surface area contributed by atoms with E-state index in [4.69, 9.17) is 22.1 Å². The van der Waals surface area contributed by atoms with Crippen LogP contribution in [0.15, 0.2) is 29.4 Å². The van der Waals surface area contributed by atoms with Crippen LogP contribution in [0, 0.1) is 0 Å². The molecular weight excluding hydrogens is 422 g/mol. The first-order valence-corrected chi connectivity index (χ1v) is 11.1. The molecule has 0 unspecified atom stereocenters. The van der Waals surface area contributed by atoms with E-state index in [1.165, 1.54) is 11.8 Å². The number of nitrogens with two attached hydrogens (primary N) is 1. The standard InChI is InChI=1S/C21H22ClN5O2S/c1-2-4-16(28)24-7-8-30-21-26-19(25-20(23)27-21)18-14-6-3-5-12-10-29-11-13(17(12)14)9-15(18)22/h3,5-6,9H,2,4,7-8,10-11H2,1H3,(H,24,28)(H2,23,25,26,27). The molecule has 1 amide bonds. The van der Waals surface area contributed by atoms with E-state index in [0.29, 0.717) is 47.9 Å². The first-order chi connectivity index (χ1) is 14.6. The fourth-order valence-electron chi connectivity index (χ4n) is 3.54. The van der Waals surface area contributed by atoms with E-state index >= 15 is 0 Å². The zero-order chi connectivity index (χ0) is 21.1. The Morgan fingerprint density at radius 2 is 2.10 bits per heavy atom. The normalized spacial score (nSPS) is 12.9. The predicted octanol–water partition coefficient (Wildman–Crippen LogP) is 3.97. The second kappa shape index (κ2) is 9.16. The molecule has 30 heavy (non-hydrogen) atoms. The van der Waals surface area contributed by atoms with Crippen molar-refractivity contribution < 1.29 is 9.53 Å². The highest BCUT2D eigenvalue weighted by atomic mass is 35.5. The Hall–Kier alpha value is -2.42. The summed E-state index contributed by atoms with van der Waals surface area (Å²) in [5.74, 6) is 1.26. The lowest BCUT2D eigenvalue weighted by atomic mass is 9.94. The number of nitrogens with zero attached hydrogens (tertiary/aromatic N) is 3. The number of ether oxygens (including phenoxy) is 1. The maximum absolute atomic E-state index is 11.6. The lowest BCUT2D eigenvalue weighted by Crippen LogP contribution is -2.25. The van der Waals surface area contributed by atoms with Crippen molar-refractivity contribution >= 4 is 46.0 Å². The van der Waals surface area contributed by atoms with Gasteiger partial charge in [-0.15, -0.1) is 0 Å². The minimum Gasteiger partial charge on any atom is -0.372 e. The van der Waals surface area contributed by atoms with Crippen LogP contribution in [0.5, 0.6) is 0 Å². The van der Waals surface area contributed by atoms with Crippen LogP contribution in [0.25, 0.3) is 22.2 Å². The molecule has 0 fully saturated rings. The molecule has 3 N–H and O–H groups in total. The van der Waals surface area contributed by atoms with E-state index in [1.54, 1.807) is 0 Å². The number of nitrogens with one attached hydrogen (secondary N) is 1. The quantitative estimate of drug-likeness (QED) is 0.420. The monoisotopic (exact) mass is 443 g/mol. The molecule has 0 spiro atoms. The number of hydrogen-bond acceptors (Lipinski definition) is 7. The van der Waals surface area contributed by atoms with E-state index < -0.39 is 0 Å². The number of aromatic nitrogens is 3. The summed E-state index contributed by atoms with van der Waals surface area (Å²) in [7, 11) is 0. The van der Waals surface area contributed by atoms with Gasteiger partial charge in [0.05, 0.1) is 18.2 Å². The van der Waals surface area contributed by atoms with Gasteiger partial charge in [-0.05, 0) is 34.4 Å². The van der Waals surface area contributed by atoms with Gasteiger partial charge >= 0.3 is 0 Å². The van der Waals surface area contributed by atoms with Crippen LogP contribution in [-0.2, 0) is 22.7 Å². The molecular formula is C21H22ClN5O2S. The van der Waals surface area contributed by atoms with Crippen LogP contribution >= 0.6 is 23.4 Å². The average Bonchev–Trinajstić information content (AvgIpc) is 2.71. The Morgan fingerprint density at radius 1 is 1.27 bits per heavy atom. The second-order valence-corrected chi connectivity index (χ2v) is 8.44. The van der Waals surface area contributed by atoms with Gasteiger partial charge < -0.3 is 15.8 Å². The molecule has 9 heteroatoms. The van der Waals surface area contributed by atoms with E-state index in [-0.39, 0.29) is 11.9 Å². The fourth-order valence-corrected chi connectivity index (χ4v) is 4.56. The molecule has 0 radical (unpaired) electrons. The first kappa shape index (κ1) is 20.8. The molecule has 7 nitrogen and oxygen atoms in total. The Morgan fingerprint density at radius 3 is 2.93 bits per heavy atom. The minimum atomic E-state index is 0.0496. The van der Waals surface area contributed by atoms with Gasteiger partial charge in [0.2, 0.25) is 11.9 Å². The molecule has 0 aliphatic carbocycles. The van der Waals surface area contributed by atoms with Gasteiger partial charge in [0.1, 0.15) is 0 Å². The van der Waals surface area contributed by atoms with Crippen molar-refractivity contribution in [3.05, 3.63) is 40.4 Å². The molecule has 0 bridgehead atoms. The van der Waals surface area contributed by atoms with Crippen LogP contribution in [0.4, 0.5) is 5.95 Å². The zero-order valence-electron chi connectivity index (χ0n) is 16.6. The average molecular weight is 444 g/mol. The summed E-state index contributed by atoms with van der Waals surface area (Å²) in [6.45, 7) is 3.60. The maximum Gasteiger partial charge on any atom is 0.224 e. The van der Waals surface area contributed by atoms with Crippen LogP contribution < -0.4 is 11.1 Å². The minimum absolute atomic E-state index is 0.0496. The van der Waals surface area contributed by atoms with Crippen molar-refractivity contribution in [3.63, 3.8) is 0 Å². The summed E-state index contributed by atoms with van der Waals surface area (Å²) in [5, 5.41) is 6.04. The number of rotatable bonds is 7. The summed E-state index contributed by atoms with van der Waals surface area (Å²) < 4.78 is 5.66. The zero-order valence-corrected chi connectivity index (χ0v) is 18.1. The van der Waals surface area contributed by atoms with Gasteiger partial charge in [-0.25, -0.2) is 4.98 Å². The molecule has 2 heterocycles. The largest absolute Gasteiger partial charge is 0.372 e. The van der Waals surface area contributed by atoms with Crippen molar-refractivity contribution in [3.8, 4) is 11.4 Å². The summed E-state index contributed by atoms with van der Waals surface area (Å²) in [5.41, 5.74) is 8.89. The molecule has 156 valence electrons. The SMILES string of the molecule is CCCC(=O)NCCSc1nc(N)nc(-c2c(Cl)cc3c4c(cccc24)COC3)n1. The Labute approximate surface area is 183 Å². The van der Waals surface area contributed by atoms with Gasteiger partial charge in [-0.1, -0.05) is 48.5 Å². The Balaban J connectivity index is 1.64. The number of hydrogen-bond donors (Lipinski definition) is 2. The second-order valence-electron chi connectivity index (χ2n) is 6.97. The topological polar surface area (TPSA) is 103 Å². The van der Waals surface area contributed by atoms with Crippen molar-refractivity contribution in [1.29, 1.82) is 0 Å². The highest BCUT2D eigenvalue weighted by molar-refractivity contribution is 7.99. The number of halogens is 1. The molecule has 1 aliphatic rings. The molecule has 2 aromatic carbocycles. The van der Waals surface area contributed by atoms with Crippen molar-refractivity contribution in [2.45, 2.75) is 38.1 Å². The van der Waals surface area contributed by atoms with E-state index in [2.05, 4.69) is 26.3 Å². The molecule has 0 saturated heterocycles.